The Morgan fingerprint density at radius 1 is 1.14 bits per heavy atom. The van der Waals surface area contributed by atoms with Crippen LogP contribution in [0.2, 0.25) is 0 Å². The molecule has 1 aliphatic rings. The fourth-order valence-electron chi connectivity index (χ4n) is 3.18. The molecular formula is C17H24F3N. The Labute approximate surface area is 124 Å². The number of benzene rings is 1. The predicted octanol–water partition coefficient (Wildman–Crippen LogP) is 5.02. The van der Waals surface area contributed by atoms with Gasteiger partial charge in [0.05, 0.1) is 5.92 Å². The van der Waals surface area contributed by atoms with E-state index in [-0.39, 0.29) is 12.5 Å². The van der Waals surface area contributed by atoms with Crippen LogP contribution in [0.25, 0.3) is 0 Å². The molecule has 0 aromatic heterocycles. The molecule has 0 aliphatic heterocycles. The molecule has 0 amide bonds. The van der Waals surface area contributed by atoms with Crippen molar-refractivity contribution < 1.29 is 13.2 Å². The first-order valence-electron chi connectivity index (χ1n) is 7.83. The predicted molar refractivity (Wildman–Crippen MR) is 79.2 cm³/mol. The quantitative estimate of drug-likeness (QED) is 0.823. The third kappa shape index (κ3) is 4.22. The minimum atomic E-state index is -4.09. The van der Waals surface area contributed by atoms with E-state index in [0.717, 1.165) is 18.4 Å². The van der Waals surface area contributed by atoms with Gasteiger partial charge in [0.2, 0.25) is 0 Å². The van der Waals surface area contributed by atoms with Gasteiger partial charge in [-0.05, 0) is 37.3 Å². The van der Waals surface area contributed by atoms with Gasteiger partial charge < -0.3 is 5.32 Å². The van der Waals surface area contributed by atoms with Gasteiger partial charge in [-0.15, -0.1) is 0 Å². The highest BCUT2D eigenvalue weighted by atomic mass is 19.4. The fourth-order valence-corrected chi connectivity index (χ4v) is 3.18. The summed E-state index contributed by atoms with van der Waals surface area (Å²) in [4.78, 5) is 0. The molecule has 0 spiro atoms. The second-order valence-electron chi connectivity index (χ2n) is 6.02. The molecule has 1 fully saturated rings. The molecule has 1 nitrogen and oxygen atoms in total. The van der Waals surface area contributed by atoms with Crippen LogP contribution in [0.1, 0.15) is 56.7 Å². The van der Waals surface area contributed by atoms with E-state index >= 15 is 0 Å². The molecule has 4 heteroatoms. The van der Waals surface area contributed by atoms with E-state index in [1.165, 1.54) is 5.56 Å². The molecule has 1 aromatic rings. The molecule has 1 N–H and O–H groups in total. The van der Waals surface area contributed by atoms with Crippen LogP contribution in [-0.2, 0) is 6.42 Å². The second-order valence-corrected chi connectivity index (χ2v) is 6.02. The van der Waals surface area contributed by atoms with Gasteiger partial charge in [0, 0.05) is 12.1 Å². The number of hydrogen-bond acceptors (Lipinski definition) is 1. The first kappa shape index (κ1) is 16.3. The first-order valence-corrected chi connectivity index (χ1v) is 7.83. The Bertz CT molecular complexity index is 438. The molecule has 0 heterocycles. The molecule has 3 atom stereocenters. The van der Waals surface area contributed by atoms with Gasteiger partial charge in [-0.3, -0.25) is 0 Å². The highest BCUT2D eigenvalue weighted by Gasteiger charge is 2.45. The first-order chi connectivity index (χ1) is 9.91. The van der Waals surface area contributed by atoms with Crippen LogP contribution >= 0.6 is 0 Å². The standard InChI is InChI=1S/C17H24F3N/c1-3-13-8-10-14(11-9-13)12(2)21-16-7-5-4-6-15(16)17(18,19)20/h8-12,15-16,21H,3-7H2,1-2H3. The number of alkyl halides is 3. The van der Waals surface area contributed by atoms with Gasteiger partial charge in [-0.2, -0.15) is 13.2 Å². The highest BCUT2D eigenvalue weighted by molar-refractivity contribution is 5.24. The van der Waals surface area contributed by atoms with Crippen molar-refractivity contribution in [2.24, 2.45) is 5.92 Å². The van der Waals surface area contributed by atoms with Crippen molar-refractivity contribution in [1.29, 1.82) is 0 Å². The van der Waals surface area contributed by atoms with E-state index < -0.39 is 18.1 Å². The van der Waals surface area contributed by atoms with Gasteiger partial charge in [0.1, 0.15) is 0 Å². The lowest BCUT2D eigenvalue weighted by molar-refractivity contribution is -0.189. The van der Waals surface area contributed by atoms with Crippen LogP contribution in [0.4, 0.5) is 13.2 Å². The number of rotatable bonds is 4. The van der Waals surface area contributed by atoms with Crippen LogP contribution in [0, 0.1) is 5.92 Å². The fraction of sp³-hybridized carbons (Fsp3) is 0.647. The van der Waals surface area contributed by atoms with Gasteiger partial charge >= 0.3 is 6.18 Å². The summed E-state index contributed by atoms with van der Waals surface area (Å²) in [5, 5.41) is 3.21. The lowest BCUT2D eigenvalue weighted by Crippen LogP contribution is -2.46. The average Bonchev–Trinajstić information content (AvgIpc) is 2.47. The lowest BCUT2D eigenvalue weighted by Gasteiger charge is -2.35. The Morgan fingerprint density at radius 2 is 1.76 bits per heavy atom. The minimum absolute atomic E-state index is 0.0520. The molecule has 21 heavy (non-hydrogen) atoms. The monoisotopic (exact) mass is 299 g/mol. The topological polar surface area (TPSA) is 12.0 Å². The van der Waals surface area contributed by atoms with Crippen molar-refractivity contribution in [3.05, 3.63) is 35.4 Å². The normalized spacial score (nSPS) is 24.8. The average molecular weight is 299 g/mol. The van der Waals surface area contributed by atoms with Crippen molar-refractivity contribution in [2.75, 3.05) is 0 Å². The van der Waals surface area contributed by atoms with Crippen molar-refractivity contribution in [3.8, 4) is 0 Å². The zero-order valence-corrected chi connectivity index (χ0v) is 12.7. The molecule has 3 unspecified atom stereocenters. The molecule has 0 radical (unpaired) electrons. The van der Waals surface area contributed by atoms with E-state index in [4.69, 9.17) is 0 Å². The molecule has 118 valence electrons. The summed E-state index contributed by atoms with van der Waals surface area (Å²) < 4.78 is 39.3. The van der Waals surface area contributed by atoms with Gasteiger partial charge in [-0.25, -0.2) is 0 Å². The Morgan fingerprint density at radius 3 is 2.33 bits per heavy atom. The third-order valence-electron chi connectivity index (χ3n) is 4.54. The highest BCUT2D eigenvalue weighted by Crippen LogP contribution is 2.38. The van der Waals surface area contributed by atoms with Crippen LogP contribution < -0.4 is 5.32 Å². The number of hydrogen-bond donors (Lipinski definition) is 1. The maximum absolute atomic E-state index is 13.1. The van der Waals surface area contributed by atoms with Crippen molar-refractivity contribution in [1.82, 2.24) is 5.32 Å². The van der Waals surface area contributed by atoms with Gasteiger partial charge in [0.25, 0.3) is 0 Å². The molecular weight excluding hydrogens is 275 g/mol. The summed E-state index contributed by atoms with van der Waals surface area (Å²) in [6, 6.07) is 7.62. The maximum Gasteiger partial charge on any atom is 0.393 e. The third-order valence-corrected chi connectivity index (χ3v) is 4.54. The van der Waals surface area contributed by atoms with Crippen LogP contribution in [0.15, 0.2) is 24.3 Å². The van der Waals surface area contributed by atoms with Crippen LogP contribution in [-0.4, -0.2) is 12.2 Å². The summed E-state index contributed by atoms with van der Waals surface area (Å²) in [6.07, 6.45) is -0.692. The van der Waals surface area contributed by atoms with Gasteiger partial charge in [0.15, 0.2) is 0 Å². The smallest absolute Gasteiger partial charge is 0.307 e. The van der Waals surface area contributed by atoms with Crippen molar-refractivity contribution in [3.63, 3.8) is 0 Å². The summed E-state index contributed by atoms with van der Waals surface area (Å²) in [6.45, 7) is 4.04. The number of nitrogens with one attached hydrogen (secondary N) is 1. The largest absolute Gasteiger partial charge is 0.393 e. The summed E-state index contributed by atoms with van der Waals surface area (Å²) >= 11 is 0. The maximum atomic E-state index is 13.1. The summed E-state index contributed by atoms with van der Waals surface area (Å²) in [5.41, 5.74) is 2.30. The molecule has 1 saturated carbocycles. The molecule has 1 aromatic carbocycles. The van der Waals surface area contributed by atoms with Crippen LogP contribution in [0.3, 0.4) is 0 Å². The SMILES string of the molecule is CCc1ccc(C(C)NC2CCCCC2C(F)(F)F)cc1. The van der Waals surface area contributed by atoms with Crippen LogP contribution in [0.5, 0.6) is 0 Å². The van der Waals surface area contributed by atoms with E-state index in [1.54, 1.807) is 0 Å². The van der Waals surface area contributed by atoms with Gasteiger partial charge in [-0.1, -0.05) is 44.0 Å². The molecule has 1 aliphatic carbocycles. The zero-order chi connectivity index (χ0) is 15.5. The van der Waals surface area contributed by atoms with E-state index in [2.05, 4.69) is 24.4 Å². The summed E-state index contributed by atoms with van der Waals surface area (Å²) in [7, 11) is 0. The molecule has 2 rings (SSSR count). The Kier molecular flexibility index (Phi) is 5.31. The van der Waals surface area contributed by atoms with E-state index in [1.807, 2.05) is 19.1 Å². The minimum Gasteiger partial charge on any atom is -0.307 e. The molecule has 0 saturated heterocycles. The van der Waals surface area contributed by atoms with E-state index in [9.17, 15) is 13.2 Å². The van der Waals surface area contributed by atoms with Crippen molar-refractivity contribution in [2.45, 2.75) is 64.2 Å². The Balaban J connectivity index is 2.03. The number of aryl methyl sites for hydroxylation is 1. The van der Waals surface area contributed by atoms with E-state index in [0.29, 0.717) is 12.8 Å². The summed E-state index contributed by atoms with van der Waals surface area (Å²) in [5.74, 6) is -1.20. The number of halogens is 3. The second kappa shape index (κ2) is 6.82. The lowest BCUT2D eigenvalue weighted by atomic mass is 9.83. The molecule has 0 bridgehead atoms. The van der Waals surface area contributed by atoms with Crippen molar-refractivity contribution >= 4 is 0 Å². The Hall–Kier alpha value is -1.03. The zero-order valence-electron chi connectivity index (χ0n) is 12.7.